The van der Waals surface area contributed by atoms with Gasteiger partial charge in [-0.25, -0.2) is 0 Å². The van der Waals surface area contributed by atoms with E-state index in [2.05, 4.69) is 6.58 Å². The van der Waals surface area contributed by atoms with E-state index in [1.54, 1.807) is 0 Å². The molecule has 0 radical (unpaired) electrons. The average molecular weight is 280 g/mol. The molecule has 0 saturated heterocycles. The van der Waals surface area contributed by atoms with Crippen LogP contribution in [-0.4, -0.2) is 28.6 Å². The topological polar surface area (TPSA) is 27.7 Å². The van der Waals surface area contributed by atoms with Crippen molar-refractivity contribution < 1.29 is 13.3 Å². The van der Waals surface area contributed by atoms with Crippen molar-refractivity contribution in [3.63, 3.8) is 0 Å². The van der Waals surface area contributed by atoms with Crippen LogP contribution in [0.3, 0.4) is 0 Å². The molecule has 0 bridgehead atoms. The summed E-state index contributed by atoms with van der Waals surface area (Å²) in [5.41, 5.74) is 2.11. The average Bonchev–Trinajstić information content (AvgIpc) is 2.40. The highest BCUT2D eigenvalue weighted by atomic mass is 28.4. The molecule has 0 fully saturated rings. The fourth-order valence-corrected chi connectivity index (χ4v) is 4.58. The molecule has 1 rings (SSSR count). The SMILES string of the molecule is C=C(C[Si](OCC)(OCC)OCC)c1ccccc1. The number of rotatable bonds is 9. The Morgan fingerprint density at radius 2 is 1.42 bits per heavy atom. The summed E-state index contributed by atoms with van der Waals surface area (Å²) in [6.07, 6.45) is 0. The van der Waals surface area contributed by atoms with Crippen LogP contribution in [0.15, 0.2) is 36.9 Å². The zero-order valence-electron chi connectivity index (χ0n) is 12.1. The Bertz CT molecular complexity index is 361. The van der Waals surface area contributed by atoms with Gasteiger partial charge in [0.05, 0.1) is 0 Å². The van der Waals surface area contributed by atoms with Crippen molar-refractivity contribution in [2.75, 3.05) is 19.8 Å². The fraction of sp³-hybridized carbons (Fsp3) is 0.467. The zero-order chi connectivity index (χ0) is 14.1. The van der Waals surface area contributed by atoms with Crippen LogP contribution < -0.4 is 0 Å². The second-order valence-corrected chi connectivity index (χ2v) is 6.71. The first-order chi connectivity index (χ1) is 9.17. The van der Waals surface area contributed by atoms with Gasteiger partial charge in [-0.3, -0.25) is 0 Å². The van der Waals surface area contributed by atoms with Crippen LogP contribution in [0, 0.1) is 0 Å². The molecule has 1 aromatic carbocycles. The smallest absolute Gasteiger partial charge is 0.374 e. The summed E-state index contributed by atoms with van der Waals surface area (Å²) in [6, 6.07) is 10.7. The third kappa shape index (κ3) is 4.91. The standard InChI is InChI=1S/C15H24O3Si/c1-5-16-19(17-6-2,18-7-3)13-14(4)15-11-9-8-10-12-15/h8-12H,4-7,13H2,1-3H3. The van der Waals surface area contributed by atoms with Gasteiger partial charge in [0.2, 0.25) is 0 Å². The van der Waals surface area contributed by atoms with E-state index in [-0.39, 0.29) is 0 Å². The van der Waals surface area contributed by atoms with Crippen molar-refractivity contribution in [3.8, 4) is 0 Å². The lowest BCUT2D eigenvalue weighted by Crippen LogP contribution is -2.46. The second-order valence-electron chi connectivity index (χ2n) is 4.13. The number of benzene rings is 1. The van der Waals surface area contributed by atoms with Gasteiger partial charge in [-0.1, -0.05) is 36.9 Å². The van der Waals surface area contributed by atoms with Crippen LogP contribution in [0.1, 0.15) is 26.3 Å². The fourth-order valence-electron chi connectivity index (χ4n) is 1.98. The zero-order valence-corrected chi connectivity index (χ0v) is 13.1. The molecule has 19 heavy (non-hydrogen) atoms. The Hall–Kier alpha value is -0.943. The van der Waals surface area contributed by atoms with Crippen LogP contribution in [0.25, 0.3) is 5.57 Å². The lowest BCUT2D eigenvalue weighted by Gasteiger charge is -2.29. The summed E-state index contributed by atoms with van der Waals surface area (Å²) in [4.78, 5) is 0. The molecule has 0 aliphatic heterocycles. The van der Waals surface area contributed by atoms with Crippen molar-refractivity contribution in [2.45, 2.75) is 26.8 Å². The predicted octanol–water partition coefficient (Wildman–Crippen LogP) is 3.75. The third-order valence-corrected chi connectivity index (χ3v) is 5.75. The van der Waals surface area contributed by atoms with Gasteiger partial charge in [0.1, 0.15) is 0 Å². The summed E-state index contributed by atoms with van der Waals surface area (Å²) in [6.45, 7) is 11.8. The first-order valence-electron chi connectivity index (χ1n) is 6.82. The van der Waals surface area contributed by atoms with Crippen molar-refractivity contribution in [1.82, 2.24) is 0 Å². The summed E-state index contributed by atoms with van der Waals surface area (Å²) < 4.78 is 17.5. The van der Waals surface area contributed by atoms with Gasteiger partial charge in [0.15, 0.2) is 0 Å². The van der Waals surface area contributed by atoms with Gasteiger partial charge >= 0.3 is 8.80 Å². The molecule has 0 spiro atoms. The van der Waals surface area contributed by atoms with E-state index < -0.39 is 8.80 Å². The van der Waals surface area contributed by atoms with Gasteiger partial charge in [-0.15, -0.1) is 0 Å². The maximum absolute atomic E-state index is 5.84. The molecule has 106 valence electrons. The summed E-state index contributed by atoms with van der Waals surface area (Å²) >= 11 is 0. The molecule has 4 heteroatoms. The molecular weight excluding hydrogens is 256 g/mol. The molecule has 0 atom stereocenters. The predicted molar refractivity (Wildman–Crippen MR) is 80.9 cm³/mol. The monoisotopic (exact) mass is 280 g/mol. The maximum Gasteiger partial charge on any atom is 0.505 e. The lowest BCUT2D eigenvalue weighted by atomic mass is 10.1. The number of hydrogen-bond acceptors (Lipinski definition) is 3. The van der Waals surface area contributed by atoms with Crippen LogP contribution in [0.2, 0.25) is 6.04 Å². The lowest BCUT2D eigenvalue weighted by molar-refractivity contribution is 0.0748. The molecule has 0 amide bonds. The number of allylic oxidation sites excluding steroid dienone is 1. The first kappa shape index (κ1) is 16.1. The third-order valence-electron chi connectivity index (χ3n) is 2.70. The Morgan fingerprint density at radius 3 is 1.84 bits per heavy atom. The van der Waals surface area contributed by atoms with E-state index >= 15 is 0 Å². The van der Waals surface area contributed by atoms with E-state index in [4.69, 9.17) is 13.3 Å². The Kier molecular flexibility index (Phi) is 7.01. The van der Waals surface area contributed by atoms with Crippen LogP contribution in [-0.2, 0) is 13.3 Å². The minimum absolute atomic E-state index is 0.592. The maximum atomic E-state index is 5.84. The summed E-state index contributed by atoms with van der Waals surface area (Å²) in [7, 11) is -2.64. The van der Waals surface area contributed by atoms with Crippen LogP contribution >= 0.6 is 0 Å². The Balaban J connectivity index is 2.83. The molecule has 0 aliphatic rings. The largest absolute Gasteiger partial charge is 0.505 e. The summed E-state index contributed by atoms with van der Waals surface area (Å²) in [5.74, 6) is 0. The molecular formula is C15H24O3Si. The van der Waals surface area contributed by atoms with Crippen LogP contribution in [0.5, 0.6) is 0 Å². The minimum atomic E-state index is -2.64. The quantitative estimate of drug-likeness (QED) is 0.645. The van der Waals surface area contributed by atoms with Gasteiger partial charge in [0.25, 0.3) is 0 Å². The highest BCUT2D eigenvalue weighted by Crippen LogP contribution is 2.26. The van der Waals surface area contributed by atoms with Gasteiger partial charge in [-0.2, -0.15) is 0 Å². The van der Waals surface area contributed by atoms with Crippen molar-refractivity contribution in [1.29, 1.82) is 0 Å². The normalized spacial score (nSPS) is 11.5. The Labute approximate surface area is 117 Å². The highest BCUT2D eigenvalue weighted by Gasteiger charge is 2.41. The molecule has 0 aliphatic carbocycles. The second kappa shape index (κ2) is 8.27. The van der Waals surface area contributed by atoms with E-state index in [0.717, 1.165) is 11.1 Å². The summed E-state index contributed by atoms with van der Waals surface area (Å²) in [5, 5.41) is 0. The van der Waals surface area contributed by atoms with E-state index in [1.165, 1.54) is 0 Å². The van der Waals surface area contributed by atoms with Gasteiger partial charge in [0, 0.05) is 25.9 Å². The molecule has 0 saturated carbocycles. The molecule has 0 unspecified atom stereocenters. The van der Waals surface area contributed by atoms with Gasteiger partial charge in [-0.05, 0) is 31.9 Å². The molecule has 0 N–H and O–H groups in total. The molecule has 3 nitrogen and oxygen atoms in total. The Morgan fingerprint density at radius 1 is 0.947 bits per heavy atom. The van der Waals surface area contributed by atoms with E-state index in [1.807, 2.05) is 51.1 Å². The van der Waals surface area contributed by atoms with Crippen molar-refractivity contribution in [3.05, 3.63) is 42.5 Å². The van der Waals surface area contributed by atoms with E-state index in [0.29, 0.717) is 25.9 Å². The van der Waals surface area contributed by atoms with E-state index in [9.17, 15) is 0 Å². The molecule has 1 aromatic rings. The van der Waals surface area contributed by atoms with Crippen molar-refractivity contribution >= 4 is 14.4 Å². The highest BCUT2D eigenvalue weighted by molar-refractivity contribution is 6.62. The van der Waals surface area contributed by atoms with Crippen LogP contribution in [0.4, 0.5) is 0 Å². The number of hydrogen-bond donors (Lipinski definition) is 0. The minimum Gasteiger partial charge on any atom is -0.374 e. The molecule has 0 heterocycles. The van der Waals surface area contributed by atoms with Gasteiger partial charge < -0.3 is 13.3 Å². The first-order valence-corrected chi connectivity index (χ1v) is 8.75. The van der Waals surface area contributed by atoms with Crippen molar-refractivity contribution in [2.24, 2.45) is 0 Å². The molecule has 0 aromatic heterocycles.